The van der Waals surface area contributed by atoms with E-state index in [0.717, 1.165) is 23.5 Å². The van der Waals surface area contributed by atoms with E-state index in [1.807, 2.05) is 22.8 Å². The number of aromatic nitrogens is 4. The van der Waals surface area contributed by atoms with Crippen molar-refractivity contribution in [2.75, 3.05) is 11.4 Å². The summed E-state index contributed by atoms with van der Waals surface area (Å²) in [6.07, 6.45) is 3.72. The summed E-state index contributed by atoms with van der Waals surface area (Å²) in [5.41, 5.74) is 2.82. The number of rotatable bonds is 3. The second-order valence-corrected chi connectivity index (χ2v) is 5.87. The standard InChI is InChI=1S/C17H19N5O/c1-2-21-11-20-15-16(21)18-10-19-17(15)22-9-13(23)8-14(22)12-6-4-3-5-7-12/h3-7,10-11,13-14,23H,2,8-9H2,1H3/t13-,14-/m1/s1. The molecule has 23 heavy (non-hydrogen) atoms. The monoisotopic (exact) mass is 309 g/mol. The molecule has 6 nitrogen and oxygen atoms in total. The van der Waals surface area contributed by atoms with Crippen molar-refractivity contribution in [3.8, 4) is 0 Å². The Kier molecular flexibility index (Phi) is 3.46. The van der Waals surface area contributed by atoms with Crippen LogP contribution < -0.4 is 4.90 Å². The first-order valence-corrected chi connectivity index (χ1v) is 7.93. The van der Waals surface area contributed by atoms with Crippen LogP contribution in [0.15, 0.2) is 43.0 Å². The number of aliphatic hydroxyl groups excluding tert-OH is 1. The summed E-state index contributed by atoms with van der Waals surface area (Å²) in [5.74, 6) is 0.799. The molecule has 1 aromatic carbocycles. The summed E-state index contributed by atoms with van der Waals surface area (Å²) < 4.78 is 2.00. The molecule has 1 N–H and O–H groups in total. The van der Waals surface area contributed by atoms with Crippen molar-refractivity contribution in [2.24, 2.45) is 0 Å². The zero-order valence-electron chi connectivity index (χ0n) is 13.0. The van der Waals surface area contributed by atoms with Gasteiger partial charge in [-0.3, -0.25) is 0 Å². The molecule has 1 saturated heterocycles. The van der Waals surface area contributed by atoms with Gasteiger partial charge < -0.3 is 14.6 Å². The molecule has 0 unspecified atom stereocenters. The molecule has 3 aromatic rings. The Bertz CT molecular complexity index is 816. The van der Waals surface area contributed by atoms with Gasteiger partial charge in [-0.2, -0.15) is 0 Å². The molecule has 118 valence electrons. The summed E-state index contributed by atoms with van der Waals surface area (Å²) in [4.78, 5) is 15.5. The molecule has 2 aromatic heterocycles. The molecule has 4 rings (SSSR count). The first-order valence-electron chi connectivity index (χ1n) is 7.93. The first kappa shape index (κ1) is 14.1. The molecular formula is C17H19N5O. The Morgan fingerprint density at radius 1 is 1.17 bits per heavy atom. The van der Waals surface area contributed by atoms with Gasteiger partial charge in [-0.25, -0.2) is 15.0 Å². The van der Waals surface area contributed by atoms with E-state index in [1.165, 1.54) is 5.56 Å². The highest BCUT2D eigenvalue weighted by molar-refractivity contribution is 5.83. The second-order valence-electron chi connectivity index (χ2n) is 5.87. The zero-order valence-corrected chi connectivity index (χ0v) is 13.0. The Hall–Kier alpha value is -2.47. The fourth-order valence-electron chi connectivity index (χ4n) is 3.35. The maximum absolute atomic E-state index is 10.2. The number of hydrogen-bond donors (Lipinski definition) is 1. The van der Waals surface area contributed by atoms with Crippen LogP contribution in [0.4, 0.5) is 5.82 Å². The maximum atomic E-state index is 10.2. The molecular weight excluding hydrogens is 290 g/mol. The molecule has 2 atom stereocenters. The fraction of sp³-hybridized carbons (Fsp3) is 0.353. The highest BCUT2D eigenvalue weighted by atomic mass is 16.3. The summed E-state index contributed by atoms with van der Waals surface area (Å²) >= 11 is 0. The maximum Gasteiger partial charge on any atom is 0.165 e. The topological polar surface area (TPSA) is 67.1 Å². The van der Waals surface area contributed by atoms with Crippen molar-refractivity contribution >= 4 is 17.0 Å². The summed E-state index contributed by atoms with van der Waals surface area (Å²) in [6.45, 7) is 3.44. The third-order valence-electron chi connectivity index (χ3n) is 4.46. The van der Waals surface area contributed by atoms with Crippen LogP contribution in [0.2, 0.25) is 0 Å². The average Bonchev–Trinajstić information content (AvgIpc) is 3.18. The number of aryl methyl sites for hydroxylation is 1. The van der Waals surface area contributed by atoms with Gasteiger partial charge in [0.2, 0.25) is 0 Å². The number of anilines is 1. The number of β-amino-alcohol motifs (C(OH)–C–C–N with tert-alkyl or cyclic N) is 1. The first-order chi connectivity index (χ1) is 11.3. The molecule has 1 fully saturated rings. The van der Waals surface area contributed by atoms with E-state index in [4.69, 9.17) is 0 Å². The molecule has 0 amide bonds. The van der Waals surface area contributed by atoms with Crippen molar-refractivity contribution in [2.45, 2.75) is 32.0 Å². The van der Waals surface area contributed by atoms with E-state index in [0.29, 0.717) is 13.0 Å². The van der Waals surface area contributed by atoms with E-state index < -0.39 is 0 Å². The Labute approximate surface area is 134 Å². The van der Waals surface area contributed by atoms with Gasteiger partial charge in [0.1, 0.15) is 6.33 Å². The highest BCUT2D eigenvalue weighted by Crippen LogP contribution is 2.37. The molecule has 0 aliphatic carbocycles. The van der Waals surface area contributed by atoms with E-state index >= 15 is 0 Å². The number of imidazole rings is 1. The third kappa shape index (κ3) is 2.35. The number of fused-ring (bicyclic) bond motifs is 1. The summed E-state index contributed by atoms with van der Waals surface area (Å²) in [7, 11) is 0. The fourth-order valence-corrected chi connectivity index (χ4v) is 3.35. The number of nitrogens with zero attached hydrogens (tertiary/aromatic N) is 5. The molecule has 1 aliphatic heterocycles. The van der Waals surface area contributed by atoms with Crippen LogP contribution in [0.3, 0.4) is 0 Å². The Balaban J connectivity index is 1.81. The molecule has 1 aliphatic rings. The van der Waals surface area contributed by atoms with Gasteiger partial charge in [-0.05, 0) is 18.9 Å². The van der Waals surface area contributed by atoms with Crippen LogP contribution in [0.25, 0.3) is 11.2 Å². The van der Waals surface area contributed by atoms with Crippen molar-refractivity contribution in [3.63, 3.8) is 0 Å². The van der Waals surface area contributed by atoms with Crippen LogP contribution in [-0.4, -0.2) is 37.3 Å². The largest absolute Gasteiger partial charge is 0.391 e. The summed E-state index contributed by atoms with van der Waals surface area (Å²) in [6, 6.07) is 10.4. The predicted molar refractivity (Wildman–Crippen MR) is 88.1 cm³/mol. The third-order valence-corrected chi connectivity index (χ3v) is 4.46. The van der Waals surface area contributed by atoms with Crippen molar-refractivity contribution < 1.29 is 5.11 Å². The molecule has 0 radical (unpaired) electrons. The molecule has 0 bridgehead atoms. The van der Waals surface area contributed by atoms with E-state index in [2.05, 4.69) is 38.9 Å². The van der Waals surface area contributed by atoms with Crippen molar-refractivity contribution in [3.05, 3.63) is 48.5 Å². The van der Waals surface area contributed by atoms with Crippen LogP contribution in [0.1, 0.15) is 24.9 Å². The van der Waals surface area contributed by atoms with E-state index in [1.54, 1.807) is 12.7 Å². The summed E-state index contributed by atoms with van der Waals surface area (Å²) in [5, 5.41) is 10.2. The molecule has 3 heterocycles. The number of hydrogen-bond acceptors (Lipinski definition) is 5. The predicted octanol–water partition coefficient (Wildman–Crippen LogP) is 2.16. The average molecular weight is 309 g/mol. The van der Waals surface area contributed by atoms with Crippen LogP contribution in [-0.2, 0) is 6.54 Å². The van der Waals surface area contributed by atoms with Gasteiger partial charge in [-0.15, -0.1) is 0 Å². The zero-order chi connectivity index (χ0) is 15.8. The van der Waals surface area contributed by atoms with Crippen LogP contribution in [0.5, 0.6) is 0 Å². The Morgan fingerprint density at radius 3 is 2.78 bits per heavy atom. The van der Waals surface area contributed by atoms with E-state index in [-0.39, 0.29) is 12.1 Å². The smallest absolute Gasteiger partial charge is 0.165 e. The van der Waals surface area contributed by atoms with Gasteiger partial charge in [-0.1, -0.05) is 30.3 Å². The quantitative estimate of drug-likeness (QED) is 0.803. The lowest BCUT2D eigenvalue weighted by atomic mass is 10.0. The number of aliphatic hydroxyl groups is 1. The van der Waals surface area contributed by atoms with Crippen molar-refractivity contribution in [1.29, 1.82) is 0 Å². The van der Waals surface area contributed by atoms with Crippen LogP contribution >= 0.6 is 0 Å². The molecule has 0 spiro atoms. The minimum absolute atomic E-state index is 0.107. The second kappa shape index (κ2) is 5.62. The van der Waals surface area contributed by atoms with Gasteiger partial charge in [0, 0.05) is 13.1 Å². The van der Waals surface area contributed by atoms with E-state index in [9.17, 15) is 5.11 Å². The van der Waals surface area contributed by atoms with Crippen molar-refractivity contribution in [1.82, 2.24) is 19.5 Å². The lowest BCUT2D eigenvalue weighted by Gasteiger charge is -2.25. The Morgan fingerprint density at radius 2 is 2.00 bits per heavy atom. The lowest BCUT2D eigenvalue weighted by molar-refractivity contribution is 0.194. The minimum atomic E-state index is -0.363. The lowest BCUT2D eigenvalue weighted by Crippen LogP contribution is -2.25. The van der Waals surface area contributed by atoms with Crippen LogP contribution in [0, 0.1) is 0 Å². The normalized spacial score (nSPS) is 21.2. The van der Waals surface area contributed by atoms with Gasteiger partial charge in [0.25, 0.3) is 0 Å². The van der Waals surface area contributed by atoms with Gasteiger partial charge in [0.05, 0.1) is 18.5 Å². The molecule has 0 saturated carbocycles. The number of benzene rings is 1. The van der Waals surface area contributed by atoms with Gasteiger partial charge in [0.15, 0.2) is 17.0 Å². The van der Waals surface area contributed by atoms with Gasteiger partial charge >= 0.3 is 0 Å². The molecule has 6 heteroatoms. The minimum Gasteiger partial charge on any atom is -0.391 e. The highest BCUT2D eigenvalue weighted by Gasteiger charge is 2.34. The SMILES string of the molecule is CCn1cnc2c(N3C[C@H](O)C[C@@H]3c3ccccc3)ncnc21.